The van der Waals surface area contributed by atoms with Crippen molar-refractivity contribution in [3.05, 3.63) is 75.8 Å². The SMILES string of the molecule is C=C(CC)C(BC)=C=CC/C(=C/C(CC)CNOC(C)/C(=C(/CNc1cc(CN2CCSC2)ccn1)SC)N(C)CN)OC. The van der Waals surface area contributed by atoms with E-state index in [1.54, 1.807) is 18.9 Å². The largest absolute Gasteiger partial charge is 0.501 e. The molecule has 0 saturated carbocycles. The van der Waals surface area contributed by atoms with Crippen molar-refractivity contribution in [1.29, 1.82) is 0 Å². The number of ether oxygens (including phenoxy) is 1. The lowest BCUT2D eigenvalue weighted by Crippen LogP contribution is -2.36. The molecule has 1 fully saturated rings. The first-order valence-electron chi connectivity index (χ1n) is 15.7. The number of rotatable bonds is 21. The fourth-order valence-corrected chi connectivity index (χ4v) is 6.61. The fraction of sp³-hybridized carbons (Fsp3) is 0.576. The Morgan fingerprint density at radius 3 is 2.82 bits per heavy atom. The molecule has 1 aliphatic heterocycles. The van der Waals surface area contributed by atoms with Crippen LogP contribution in [-0.2, 0) is 16.1 Å². The Morgan fingerprint density at radius 1 is 1.41 bits per heavy atom. The number of hydrogen-bond donors (Lipinski definition) is 3. The van der Waals surface area contributed by atoms with Gasteiger partial charge in [0.15, 0.2) is 7.28 Å². The summed E-state index contributed by atoms with van der Waals surface area (Å²) < 4.78 is 5.69. The van der Waals surface area contributed by atoms with E-state index in [-0.39, 0.29) is 12.0 Å². The molecule has 0 bridgehead atoms. The number of aromatic nitrogens is 1. The maximum atomic E-state index is 6.20. The van der Waals surface area contributed by atoms with Gasteiger partial charge in [0.25, 0.3) is 0 Å². The van der Waals surface area contributed by atoms with E-state index in [4.69, 9.17) is 15.3 Å². The van der Waals surface area contributed by atoms with Gasteiger partial charge in [0, 0.05) is 62.4 Å². The van der Waals surface area contributed by atoms with Crippen LogP contribution in [0, 0.1) is 5.92 Å². The molecule has 0 aliphatic carbocycles. The number of nitrogens with one attached hydrogen (secondary N) is 2. The van der Waals surface area contributed by atoms with Crippen LogP contribution < -0.4 is 16.5 Å². The van der Waals surface area contributed by atoms with Crippen LogP contribution >= 0.6 is 23.5 Å². The summed E-state index contributed by atoms with van der Waals surface area (Å²) in [6, 6.07) is 4.25. The van der Waals surface area contributed by atoms with Gasteiger partial charge < -0.3 is 20.7 Å². The Bertz CT molecular complexity index is 1150. The Hall–Kier alpha value is -2.11. The van der Waals surface area contributed by atoms with Gasteiger partial charge in [0.1, 0.15) is 11.9 Å². The van der Waals surface area contributed by atoms with Gasteiger partial charge in [-0.05, 0) is 67.3 Å². The van der Waals surface area contributed by atoms with Crippen LogP contribution in [0.2, 0.25) is 6.82 Å². The van der Waals surface area contributed by atoms with Gasteiger partial charge in [0.05, 0.1) is 25.2 Å². The number of hydroxylamine groups is 1. The van der Waals surface area contributed by atoms with Gasteiger partial charge in [-0.1, -0.05) is 32.8 Å². The molecule has 2 rings (SSSR count). The number of nitrogens with two attached hydrogens (primary N) is 1. The molecule has 2 heterocycles. The standard InChI is InChI=1S/C33H55BN6O2S2/c1-9-25(3)30(34-5)13-11-12-29(41-7)18-27(10-2)20-38-42-26(4)33(39(6)23-35)31(43-8)21-37-32-19-28(14-15-36-32)22-40-16-17-44-24-40/h11,14-15,18-19,26-27,34,38H,3,9-10,12,16-17,20-24,35H2,1-2,4-8H3,(H,36,37)/b29-18-,33-31+. The zero-order valence-corrected chi connectivity index (χ0v) is 29.7. The first-order valence-corrected chi connectivity index (χ1v) is 18.1. The Balaban J connectivity index is 2.04. The average molecular weight is 643 g/mol. The predicted octanol–water partition coefficient (Wildman–Crippen LogP) is 5.77. The van der Waals surface area contributed by atoms with Gasteiger partial charge >= 0.3 is 0 Å². The van der Waals surface area contributed by atoms with E-state index in [2.05, 4.69) is 85.0 Å². The smallest absolute Gasteiger partial charge is 0.165 e. The van der Waals surface area contributed by atoms with Gasteiger partial charge in [-0.25, -0.2) is 10.5 Å². The summed E-state index contributed by atoms with van der Waals surface area (Å²) in [5.74, 6) is 4.36. The quantitative estimate of drug-likeness (QED) is 0.0384. The van der Waals surface area contributed by atoms with E-state index in [9.17, 15) is 0 Å². The van der Waals surface area contributed by atoms with Crippen molar-refractivity contribution in [2.24, 2.45) is 11.7 Å². The second kappa shape index (κ2) is 21.6. The van der Waals surface area contributed by atoms with Crippen molar-refractivity contribution in [3.63, 3.8) is 0 Å². The third-order valence-electron chi connectivity index (χ3n) is 7.69. The molecule has 0 radical (unpaired) electrons. The molecule has 1 aromatic rings. The van der Waals surface area contributed by atoms with Crippen LogP contribution in [0.1, 0.15) is 45.6 Å². The molecule has 1 aromatic heterocycles. The highest BCUT2D eigenvalue weighted by molar-refractivity contribution is 8.02. The molecule has 8 nitrogen and oxygen atoms in total. The summed E-state index contributed by atoms with van der Waals surface area (Å²) in [7, 11) is 4.66. The van der Waals surface area contributed by atoms with Crippen molar-refractivity contribution in [2.45, 2.75) is 59.5 Å². The van der Waals surface area contributed by atoms with Gasteiger partial charge in [-0.2, -0.15) is 0 Å². The molecule has 0 spiro atoms. The van der Waals surface area contributed by atoms with Crippen LogP contribution in [0.3, 0.4) is 0 Å². The second-order valence-electron chi connectivity index (χ2n) is 10.8. The minimum atomic E-state index is -0.213. The number of pyridine rings is 1. The topological polar surface area (TPSA) is 87.9 Å². The summed E-state index contributed by atoms with van der Waals surface area (Å²) in [5, 5.41) is 3.53. The maximum Gasteiger partial charge on any atom is 0.165 e. The van der Waals surface area contributed by atoms with E-state index >= 15 is 0 Å². The molecule has 1 aliphatic rings. The number of anilines is 1. The first kappa shape index (κ1) is 38.1. The molecule has 2 atom stereocenters. The Kier molecular flexibility index (Phi) is 18.7. The molecule has 244 valence electrons. The summed E-state index contributed by atoms with van der Waals surface area (Å²) >= 11 is 3.69. The third-order valence-corrected chi connectivity index (χ3v) is 9.55. The lowest BCUT2D eigenvalue weighted by atomic mass is 9.69. The molecule has 0 amide bonds. The first-order chi connectivity index (χ1) is 21.3. The second-order valence-corrected chi connectivity index (χ2v) is 12.8. The summed E-state index contributed by atoms with van der Waals surface area (Å²) in [6.45, 7) is 16.4. The van der Waals surface area contributed by atoms with E-state index in [1.165, 1.54) is 16.8 Å². The van der Waals surface area contributed by atoms with Crippen LogP contribution in [0.15, 0.2) is 70.2 Å². The highest BCUT2D eigenvalue weighted by Gasteiger charge is 2.20. The minimum absolute atomic E-state index is 0.213. The lowest BCUT2D eigenvalue weighted by molar-refractivity contribution is -0.0119. The molecule has 4 N–H and O–H groups in total. The van der Waals surface area contributed by atoms with E-state index in [0.29, 0.717) is 26.2 Å². The zero-order chi connectivity index (χ0) is 32.3. The van der Waals surface area contributed by atoms with E-state index in [1.807, 2.05) is 36.0 Å². The monoisotopic (exact) mass is 642 g/mol. The van der Waals surface area contributed by atoms with E-state index in [0.717, 1.165) is 66.8 Å². The summed E-state index contributed by atoms with van der Waals surface area (Å²) in [4.78, 5) is 16.4. The van der Waals surface area contributed by atoms with Crippen molar-refractivity contribution < 1.29 is 9.57 Å². The minimum Gasteiger partial charge on any atom is -0.501 e. The maximum absolute atomic E-state index is 6.20. The normalized spacial score (nSPS) is 15.6. The van der Waals surface area contributed by atoms with E-state index < -0.39 is 0 Å². The molecule has 44 heavy (non-hydrogen) atoms. The molecular weight excluding hydrogens is 587 g/mol. The molecule has 0 aromatic carbocycles. The Labute approximate surface area is 276 Å². The average Bonchev–Trinajstić information content (AvgIpc) is 3.56. The van der Waals surface area contributed by atoms with Gasteiger partial charge in [-0.15, -0.1) is 29.3 Å². The van der Waals surface area contributed by atoms with Crippen molar-refractivity contribution in [1.82, 2.24) is 20.3 Å². The van der Waals surface area contributed by atoms with Crippen LogP contribution in [0.4, 0.5) is 5.82 Å². The number of nitrogens with zero attached hydrogens (tertiary/aromatic N) is 3. The molecular formula is C33H55BN6O2S2. The third kappa shape index (κ3) is 13.1. The highest BCUT2D eigenvalue weighted by atomic mass is 32.2. The number of methoxy groups -OCH3 is 1. The van der Waals surface area contributed by atoms with Crippen LogP contribution in [0.25, 0.3) is 0 Å². The molecule has 1 saturated heterocycles. The zero-order valence-electron chi connectivity index (χ0n) is 28.1. The molecule has 11 heteroatoms. The number of hydrogen-bond acceptors (Lipinski definition) is 10. The number of thioether (sulfide) groups is 2. The number of allylic oxidation sites excluding steroid dienone is 2. The van der Waals surface area contributed by atoms with Gasteiger partial charge in [-0.3, -0.25) is 9.74 Å². The highest BCUT2D eigenvalue weighted by Crippen LogP contribution is 2.24. The summed E-state index contributed by atoms with van der Waals surface area (Å²) in [6.07, 6.45) is 10.6. The van der Waals surface area contributed by atoms with Gasteiger partial charge in [0.2, 0.25) is 0 Å². The van der Waals surface area contributed by atoms with Crippen molar-refractivity contribution in [3.8, 4) is 0 Å². The van der Waals surface area contributed by atoms with Crippen molar-refractivity contribution >= 4 is 36.6 Å². The predicted molar refractivity (Wildman–Crippen MR) is 194 cm³/mol. The number of likely N-dealkylation sites (N-methyl/N-ethyl adjacent to an activating group) is 1. The lowest BCUT2D eigenvalue weighted by Gasteiger charge is -2.29. The Morgan fingerprint density at radius 2 is 2.20 bits per heavy atom. The van der Waals surface area contributed by atoms with Crippen LogP contribution in [0.5, 0.6) is 0 Å². The fourth-order valence-electron chi connectivity index (χ4n) is 4.87. The molecule has 2 unspecified atom stereocenters. The van der Waals surface area contributed by atoms with Crippen molar-refractivity contribution in [2.75, 3.05) is 63.7 Å². The van der Waals surface area contributed by atoms with Crippen LogP contribution in [-0.4, -0.2) is 86.5 Å². The summed E-state index contributed by atoms with van der Waals surface area (Å²) in [5.41, 5.74) is 17.4.